The monoisotopic (exact) mass is 492 g/mol. The Labute approximate surface area is 181 Å². The summed E-state index contributed by atoms with van der Waals surface area (Å²) < 4.78 is 4.92. The van der Waals surface area contributed by atoms with Crippen LogP contribution in [0.5, 0.6) is 0 Å². The van der Waals surface area contributed by atoms with E-state index in [1.807, 2.05) is 31.4 Å². The van der Waals surface area contributed by atoms with Crippen LogP contribution in [-0.4, -0.2) is 59.1 Å². The molecule has 0 bridgehead atoms. The van der Waals surface area contributed by atoms with Gasteiger partial charge in [-0.05, 0) is 17.7 Å². The number of hydrogen-bond acceptors (Lipinski definition) is 5. The Morgan fingerprint density at radius 1 is 1.14 bits per heavy atom. The quantitative estimate of drug-likeness (QED) is 0.343. The third-order valence-corrected chi connectivity index (χ3v) is 4.94. The van der Waals surface area contributed by atoms with Crippen molar-refractivity contribution in [3.8, 4) is 0 Å². The van der Waals surface area contributed by atoms with Gasteiger partial charge in [-0.3, -0.25) is 14.9 Å². The molecule has 0 aliphatic carbocycles. The number of fused-ring (bicyclic) bond motifs is 1. The lowest BCUT2D eigenvalue weighted by atomic mass is 10.1. The third-order valence-electron chi connectivity index (χ3n) is 4.94. The van der Waals surface area contributed by atoms with Crippen molar-refractivity contribution in [3.05, 3.63) is 60.1 Å². The van der Waals surface area contributed by atoms with Gasteiger partial charge >= 0.3 is 0 Å². The molecule has 0 saturated carbocycles. The summed E-state index contributed by atoms with van der Waals surface area (Å²) in [5, 5.41) is 8.69. The Balaban J connectivity index is 0.00000225. The van der Waals surface area contributed by atoms with Crippen LogP contribution in [0.3, 0.4) is 0 Å². The maximum atomic E-state index is 4.92. The highest BCUT2D eigenvalue weighted by molar-refractivity contribution is 14.0. The first-order chi connectivity index (χ1) is 13.3. The zero-order chi connectivity index (χ0) is 18.5. The van der Waals surface area contributed by atoms with Crippen LogP contribution in [0.2, 0.25) is 0 Å². The van der Waals surface area contributed by atoms with Crippen LogP contribution in [0.25, 0.3) is 10.9 Å². The first-order valence-corrected chi connectivity index (χ1v) is 9.23. The summed E-state index contributed by atoms with van der Waals surface area (Å²) in [6.45, 7) is 5.40. The molecule has 3 aromatic rings. The van der Waals surface area contributed by atoms with Crippen molar-refractivity contribution in [3.63, 3.8) is 0 Å². The van der Waals surface area contributed by atoms with E-state index in [4.69, 9.17) is 4.52 Å². The number of guanidine groups is 1. The maximum absolute atomic E-state index is 4.92. The molecule has 0 amide bonds. The molecule has 148 valence electrons. The number of pyridine rings is 1. The second-order valence-corrected chi connectivity index (χ2v) is 6.64. The van der Waals surface area contributed by atoms with Crippen molar-refractivity contribution in [2.24, 2.45) is 4.99 Å². The van der Waals surface area contributed by atoms with E-state index in [2.05, 4.69) is 48.4 Å². The van der Waals surface area contributed by atoms with E-state index in [-0.39, 0.29) is 24.0 Å². The molecule has 1 aromatic carbocycles. The van der Waals surface area contributed by atoms with Crippen molar-refractivity contribution in [1.82, 2.24) is 25.3 Å². The van der Waals surface area contributed by atoms with Gasteiger partial charge < -0.3 is 14.7 Å². The number of benzene rings is 1. The molecular formula is C20H25IN6O. The van der Waals surface area contributed by atoms with Crippen molar-refractivity contribution in [1.29, 1.82) is 0 Å². The van der Waals surface area contributed by atoms with E-state index < -0.39 is 0 Å². The molecule has 2 aromatic heterocycles. The van der Waals surface area contributed by atoms with Gasteiger partial charge in [0, 0.05) is 64.0 Å². The fourth-order valence-corrected chi connectivity index (χ4v) is 3.48. The Hall–Kier alpha value is -2.20. The summed E-state index contributed by atoms with van der Waals surface area (Å²) in [6, 6.07) is 12.2. The summed E-state index contributed by atoms with van der Waals surface area (Å²) in [4.78, 5) is 13.6. The predicted octanol–water partition coefficient (Wildman–Crippen LogP) is 2.73. The minimum Gasteiger partial charge on any atom is -0.364 e. The molecule has 1 fully saturated rings. The molecule has 0 radical (unpaired) electrons. The molecule has 0 spiro atoms. The summed E-state index contributed by atoms with van der Waals surface area (Å²) in [6.07, 6.45) is 3.49. The van der Waals surface area contributed by atoms with Gasteiger partial charge in [-0.15, -0.1) is 24.0 Å². The van der Waals surface area contributed by atoms with Gasteiger partial charge in [0.1, 0.15) is 6.26 Å². The molecule has 1 saturated heterocycles. The number of para-hydroxylation sites is 1. The lowest BCUT2D eigenvalue weighted by Gasteiger charge is -2.36. The minimum absolute atomic E-state index is 0. The normalized spacial score (nSPS) is 15.5. The standard InChI is InChI=1S/C20H24N6O.HI/c1-21-20(23-14-16-6-8-22-19-5-3-2-4-18(16)19)26-11-9-25(10-12-26)15-17-7-13-27-24-17;/h2-8,13H,9-12,14-15H2,1H3,(H,21,23);1H. The summed E-state index contributed by atoms with van der Waals surface area (Å²) in [5.74, 6) is 0.942. The molecule has 4 rings (SSSR count). The largest absolute Gasteiger partial charge is 0.364 e. The number of hydrogen-bond donors (Lipinski definition) is 1. The van der Waals surface area contributed by atoms with Crippen molar-refractivity contribution in [2.45, 2.75) is 13.1 Å². The average molecular weight is 492 g/mol. The molecule has 3 heterocycles. The van der Waals surface area contributed by atoms with Gasteiger partial charge in [0.25, 0.3) is 0 Å². The number of halogens is 1. The Morgan fingerprint density at radius 3 is 2.71 bits per heavy atom. The van der Waals surface area contributed by atoms with Gasteiger partial charge in [-0.1, -0.05) is 23.4 Å². The van der Waals surface area contributed by atoms with E-state index in [0.29, 0.717) is 0 Å². The van der Waals surface area contributed by atoms with E-state index in [9.17, 15) is 0 Å². The Morgan fingerprint density at radius 2 is 1.96 bits per heavy atom. The van der Waals surface area contributed by atoms with Crippen LogP contribution in [-0.2, 0) is 13.1 Å². The van der Waals surface area contributed by atoms with Gasteiger partial charge in [0.15, 0.2) is 5.96 Å². The molecule has 0 atom stereocenters. The van der Waals surface area contributed by atoms with Gasteiger partial charge in [0.05, 0.1) is 11.2 Å². The zero-order valence-corrected chi connectivity index (χ0v) is 18.2. The second-order valence-electron chi connectivity index (χ2n) is 6.64. The third kappa shape index (κ3) is 4.79. The minimum atomic E-state index is 0. The highest BCUT2D eigenvalue weighted by Gasteiger charge is 2.20. The highest BCUT2D eigenvalue weighted by atomic mass is 127. The Kier molecular flexibility index (Phi) is 7.21. The van der Waals surface area contributed by atoms with Crippen LogP contribution in [0.4, 0.5) is 0 Å². The van der Waals surface area contributed by atoms with Crippen LogP contribution in [0, 0.1) is 0 Å². The average Bonchev–Trinajstić information content (AvgIpc) is 3.23. The van der Waals surface area contributed by atoms with Crippen molar-refractivity contribution < 1.29 is 4.52 Å². The molecule has 8 heteroatoms. The zero-order valence-electron chi connectivity index (χ0n) is 15.9. The summed E-state index contributed by atoms with van der Waals surface area (Å²) in [7, 11) is 1.84. The van der Waals surface area contributed by atoms with Gasteiger partial charge in [0.2, 0.25) is 0 Å². The van der Waals surface area contributed by atoms with E-state index in [1.165, 1.54) is 10.9 Å². The second kappa shape index (κ2) is 9.83. The molecule has 28 heavy (non-hydrogen) atoms. The predicted molar refractivity (Wildman–Crippen MR) is 121 cm³/mol. The fraction of sp³-hybridized carbons (Fsp3) is 0.350. The van der Waals surface area contributed by atoms with E-state index in [1.54, 1.807) is 6.26 Å². The topological polar surface area (TPSA) is 69.8 Å². The number of aromatic nitrogens is 2. The van der Waals surface area contributed by atoms with Crippen molar-refractivity contribution in [2.75, 3.05) is 33.2 Å². The lowest BCUT2D eigenvalue weighted by molar-refractivity contribution is 0.169. The number of rotatable bonds is 4. The molecule has 0 unspecified atom stereocenters. The molecule has 7 nitrogen and oxygen atoms in total. The fourth-order valence-electron chi connectivity index (χ4n) is 3.48. The van der Waals surface area contributed by atoms with Crippen LogP contribution >= 0.6 is 24.0 Å². The molecule has 1 aliphatic heterocycles. The number of piperazine rings is 1. The van der Waals surface area contributed by atoms with Crippen LogP contribution in [0.15, 0.2) is 58.4 Å². The van der Waals surface area contributed by atoms with Crippen molar-refractivity contribution >= 4 is 40.8 Å². The van der Waals surface area contributed by atoms with Gasteiger partial charge in [-0.25, -0.2) is 0 Å². The van der Waals surface area contributed by atoms with Crippen LogP contribution < -0.4 is 5.32 Å². The number of aliphatic imine (C=N–C) groups is 1. The van der Waals surface area contributed by atoms with E-state index in [0.717, 1.165) is 56.4 Å². The maximum Gasteiger partial charge on any atom is 0.194 e. The summed E-state index contributed by atoms with van der Waals surface area (Å²) in [5.41, 5.74) is 3.23. The Bertz CT molecular complexity index is 901. The highest BCUT2D eigenvalue weighted by Crippen LogP contribution is 2.16. The summed E-state index contributed by atoms with van der Waals surface area (Å²) >= 11 is 0. The SMILES string of the molecule is CN=C(NCc1ccnc2ccccc12)N1CCN(Cc2ccon2)CC1.I. The number of nitrogens with zero attached hydrogens (tertiary/aromatic N) is 5. The first kappa shape index (κ1) is 20.5. The number of nitrogens with one attached hydrogen (secondary N) is 1. The first-order valence-electron chi connectivity index (χ1n) is 9.23. The molecule has 1 aliphatic rings. The smallest absolute Gasteiger partial charge is 0.194 e. The lowest BCUT2D eigenvalue weighted by Crippen LogP contribution is -2.52. The molecular weight excluding hydrogens is 467 g/mol. The van der Waals surface area contributed by atoms with Gasteiger partial charge in [-0.2, -0.15) is 0 Å². The van der Waals surface area contributed by atoms with Crippen LogP contribution in [0.1, 0.15) is 11.3 Å². The molecule has 1 N–H and O–H groups in total. The van der Waals surface area contributed by atoms with E-state index >= 15 is 0 Å².